The van der Waals surface area contributed by atoms with Crippen LogP contribution in [0, 0.1) is 18.3 Å². The third-order valence-electron chi connectivity index (χ3n) is 3.23. The maximum Gasteiger partial charge on any atom is 0.150 e. The summed E-state index contributed by atoms with van der Waals surface area (Å²) in [6.07, 6.45) is 3.96. The van der Waals surface area contributed by atoms with E-state index in [2.05, 4.69) is 17.1 Å². The topological polar surface area (TPSA) is 56.6 Å². The summed E-state index contributed by atoms with van der Waals surface area (Å²) in [5.41, 5.74) is 5.42. The molecular weight excluding hydrogens is 212 g/mol. The summed E-state index contributed by atoms with van der Waals surface area (Å²) in [7, 11) is 0. The van der Waals surface area contributed by atoms with Crippen LogP contribution >= 0.6 is 0 Å². The Morgan fingerprint density at radius 1 is 1.47 bits per heavy atom. The van der Waals surface area contributed by atoms with Crippen LogP contribution in [0.3, 0.4) is 0 Å². The van der Waals surface area contributed by atoms with Crippen LogP contribution in [0.1, 0.15) is 33.6 Å². The molecule has 0 atom stereocenters. The van der Waals surface area contributed by atoms with Gasteiger partial charge in [-0.15, -0.1) is 0 Å². The van der Waals surface area contributed by atoms with Gasteiger partial charge in [0.2, 0.25) is 0 Å². The SMILES string of the molecule is Cc1c(C=O)cc(C2=CC2)c2[nH]c(C#N)cc12. The van der Waals surface area contributed by atoms with Gasteiger partial charge in [0.05, 0.1) is 5.52 Å². The average molecular weight is 222 g/mol. The molecule has 3 nitrogen and oxygen atoms in total. The number of benzene rings is 1. The van der Waals surface area contributed by atoms with Crippen LogP contribution < -0.4 is 0 Å². The number of rotatable bonds is 2. The smallest absolute Gasteiger partial charge is 0.150 e. The first-order chi connectivity index (χ1) is 8.24. The number of aromatic amines is 1. The Morgan fingerprint density at radius 3 is 2.82 bits per heavy atom. The number of fused-ring (bicyclic) bond motifs is 1. The van der Waals surface area contributed by atoms with E-state index in [1.807, 2.05) is 19.1 Å². The van der Waals surface area contributed by atoms with Crippen LogP contribution in [0.25, 0.3) is 16.5 Å². The van der Waals surface area contributed by atoms with Gasteiger partial charge < -0.3 is 4.98 Å². The van der Waals surface area contributed by atoms with Crippen LogP contribution in [0.4, 0.5) is 0 Å². The standard InChI is InChI=1S/C14H10N2O/c1-8-10(7-17)4-13(9-2-3-9)14-12(8)5-11(6-15)16-14/h2,4-5,7,16H,3H2,1H3. The predicted molar refractivity (Wildman–Crippen MR) is 65.7 cm³/mol. The summed E-state index contributed by atoms with van der Waals surface area (Å²) in [6.45, 7) is 1.91. The quantitative estimate of drug-likeness (QED) is 0.794. The fraction of sp³-hybridized carbons (Fsp3) is 0.143. The fourth-order valence-electron chi connectivity index (χ4n) is 2.16. The minimum Gasteiger partial charge on any atom is -0.346 e. The number of nitrogens with zero attached hydrogens (tertiary/aromatic N) is 1. The largest absolute Gasteiger partial charge is 0.346 e. The Kier molecular flexibility index (Phi) is 1.93. The molecule has 0 unspecified atom stereocenters. The molecule has 1 aromatic heterocycles. The molecule has 0 saturated carbocycles. The lowest BCUT2D eigenvalue weighted by molar-refractivity contribution is 0.112. The molecule has 0 bridgehead atoms. The van der Waals surface area contributed by atoms with E-state index in [4.69, 9.17) is 5.26 Å². The number of aromatic nitrogens is 1. The fourth-order valence-corrected chi connectivity index (χ4v) is 2.16. The first-order valence-corrected chi connectivity index (χ1v) is 5.45. The van der Waals surface area contributed by atoms with E-state index < -0.39 is 0 Å². The predicted octanol–water partition coefficient (Wildman–Crippen LogP) is 2.95. The van der Waals surface area contributed by atoms with Gasteiger partial charge in [-0.3, -0.25) is 4.79 Å². The molecule has 0 fully saturated rings. The number of aryl methyl sites for hydroxylation is 1. The maximum atomic E-state index is 11.0. The molecule has 0 amide bonds. The lowest BCUT2D eigenvalue weighted by Gasteiger charge is -2.05. The van der Waals surface area contributed by atoms with Crippen molar-refractivity contribution in [2.24, 2.45) is 0 Å². The van der Waals surface area contributed by atoms with Crippen LogP contribution in [0.5, 0.6) is 0 Å². The minimum absolute atomic E-state index is 0.536. The maximum absolute atomic E-state index is 11.0. The summed E-state index contributed by atoms with van der Waals surface area (Å²) in [6, 6.07) is 5.82. The lowest BCUT2D eigenvalue weighted by atomic mass is 9.99. The van der Waals surface area contributed by atoms with Crippen LogP contribution in [0.2, 0.25) is 0 Å². The van der Waals surface area contributed by atoms with Crippen molar-refractivity contribution in [3.8, 4) is 6.07 Å². The van der Waals surface area contributed by atoms with E-state index in [-0.39, 0.29) is 0 Å². The number of aldehydes is 1. The van der Waals surface area contributed by atoms with Gasteiger partial charge in [-0.25, -0.2) is 0 Å². The third-order valence-corrected chi connectivity index (χ3v) is 3.23. The zero-order valence-electron chi connectivity index (χ0n) is 9.37. The monoisotopic (exact) mass is 222 g/mol. The molecule has 1 heterocycles. The highest BCUT2D eigenvalue weighted by molar-refractivity contribution is 6.01. The number of hydrogen-bond donors (Lipinski definition) is 1. The average Bonchev–Trinajstić information content (AvgIpc) is 3.08. The highest BCUT2D eigenvalue weighted by atomic mass is 16.1. The van der Waals surface area contributed by atoms with Crippen molar-refractivity contribution in [3.05, 3.63) is 40.6 Å². The van der Waals surface area contributed by atoms with Gasteiger partial charge in [0.1, 0.15) is 18.0 Å². The van der Waals surface area contributed by atoms with Gasteiger partial charge in [-0.1, -0.05) is 6.08 Å². The second kappa shape index (κ2) is 3.33. The molecule has 1 aromatic carbocycles. The van der Waals surface area contributed by atoms with E-state index in [0.717, 1.165) is 34.7 Å². The van der Waals surface area contributed by atoms with Crippen molar-refractivity contribution >= 4 is 22.8 Å². The first-order valence-electron chi connectivity index (χ1n) is 5.45. The minimum atomic E-state index is 0.536. The highest BCUT2D eigenvalue weighted by Gasteiger charge is 2.18. The number of carbonyl (C=O) groups excluding carboxylic acids is 1. The number of nitrogens with one attached hydrogen (secondary N) is 1. The molecule has 0 aliphatic heterocycles. The number of H-pyrrole nitrogens is 1. The zero-order valence-corrected chi connectivity index (χ0v) is 9.37. The van der Waals surface area contributed by atoms with Gasteiger partial charge >= 0.3 is 0 Å². The zero-order chi connectivity index (χ0) is 12.0. The Balaban J connectivity index is 2.43. The molecular formula is C14H10N2O. The highest BCUT2D eigenvalue weighted by Crippen LogP contribution is 2.37. The van der Waals surface area contributed by atoms with Crippen molar-refractivity contribution in [1.29, 1.82) is 5.26 Å². The Bertz CT molecular complexity index is 714. The second-order valence-corrected chi connectivity index (χ2v) is 4.27. The summed E-state index contributed by atoms with van der Waals surface area (Å²) in [5, 5.41) is 9.90. The lowest BCUT2D eigenvalue weighted by Crippen LogP contribution is -1.90. The van der Waals surface area contributed by atoms with E-state index in [0.29, 0.717) is 11.3 Å². The van der Waals surface area contributed by atoms with Gasteiger partial charge in [0.15, 0.2) is 0 Å². The Labute approximate surface area is 98.4 Å². The van der Waals surface area contributed by atoms with Gasteiger partial charge in [-0.05, 0) is 36.6 Å². The molecule has 3 rings (SSSR count). The van der Waals surface area contributed by atoms with E-state index in [9.17, 15) is 4.79 Å². The molecule has 0 radical (unpaired) electrons. The molecule has 82 valence electrons. The van der Waals surface area contributed by atoms with Crippen LogP contribution in [0.15, 0.2) is 18.2 Å². The van der Waals surface area contributed by atoms with E-state index in [1.165, 1.54) is 5.57 Å². The van der Waals surface area contributed by atoms with Gasteiger partial charge in [-0.2, -0.15) is 5.26 Å². The number of hydrogen-bond acceptors (Lipinski definition) is 2. The number of allylic oxidation sites excluding steroid dienone is 2. The summed E-state index contributed by atoms with van der Waals surface area (Å²) in [5.74, 6) is 0. The van der Waals surface area contributed by atoms with E-state index >= 15 is 0 Å². The second-order valence-electron chi connectivity index (χ2n) is 4.27. The number of nitriles is 1. The third kappa shape index (κ3) is 1.38. The van der Waals surface area contributed by atoms with Crippen molar-refractivity contribution in [3.63, 3.8) is 0 Å². The van der Waals surface area contributed by atoms with Crippen LogP contribution in [-0.4, -0.2) is 11.3 Å². The molecule has 0 saturated heterocycles. The number of carbonyl (C=O) groups is 1. The Hall–Kier alpha value is -2.34. The normalized spacial score (nSPS) is 13.3. The van der Waals surface area contributed by atoms with Crippen molar-refractivity contribution in [2.75, 3.05) is 0 Å². The summed E-state index contributed by atoms with van der Waals surface area (Å²) >= 11 is 0. The molecule has 17 heavy (non-hydrogen) atoms. The van der Waals surface area contributed by atoms with Gasteiger partial charge in [0, 0.05) is 16.5 Å². The van der Waals surface area contributed by atoms with Crippen LogP contribution in [-0.2, 0) is 0 Å². The van der Waals surface area contributed by atoms with Crippen molar-refractivity contribution in [2.45, 2.75) is 13.3 Å². The molecule has 0 spiro atoms. The molecule has 1 N–H and O–H groups in total. The first kappa shape index (κ1) is 9.86. The van der Waals surface area contributed by atoms with Gasteiger partial charge in [0.25, 0.3) is 0 Å². The van der Waals surface area contributed by atoms with E-state index in [1.54, 1.807) is 0 Å². The van der Waals surface area contributed by atoms with Crippen molar-refractivity contribution < 1.29 is 4.79 Å². The molecule has 1 aliphatic carbocycles. The molecule has 3 heteroatoms. The Morgan fingerprint density at radius 2 is 2.24 bits per heavy atom. The summed E-state index contributed by atoms with van der Waals surface area (Å²) in [4.78, 5) is 14.2. The molecule has 2 aromatic rings. The molecule has 1 aliphatic rings. The summed E-state index contributed by atoms with van der Waals surface area (Å²) < 4.78 is 0. The van der Waals surface area contributed by atoms with Crippen molar-refractivity contribution in [1.82, 2.24) is 4.98 Å².